The number of rotatable bonds is 3. The Hall–Kier alpha value is -0.580. The van der Waals surface area contributed by atoms with E-state index in [4.69, 9.17) is 4.74 Å². The molecule has 0 aliphatic rings. The van der Waals surface area contributed by atoms with Gasteiger partial charge in [0.15, 0.2) is 5.78 Å². The van der Waals surface area contributed by atoms with Gasteiger partial charge in [-0.1, -0.05) is 22.6 Å². The molecule has 0 aliphatic heterocycles. The van der Waals surface area contributed by atoms with E-state index in [1.54, 1.807) is 14.0 Å². The van der Waals surface area contributed by atoms with Crippen molar-refractivity contribution in [3.8, 4) is 5.75 Å². The lowest BCUT2D eigenvalue weighted by atomic mass is 10.1. The Labute approximate surface area is 91.4 Å². The molecule has 0 unspecified atom stereocenters. The van der Waals surface area contributed by atoms with Crippen LogP contribution in [0, 0.1) is 0 Å². The van der Waals surface area contributed by atoms with Crippen LogP contribution in [0.2, 0.25) is 0 Å². The summed E-state index contributed by atoms with van der Waals surface area (Å²) in [5.74, 6) is 0.908. The number of carbonyl (C=O) groups excluding carboxylic acids is 1. The highest BCUT2D eigenvalue weighted by Crippen LogP contribution is 2.20. The molecule has 0 radical (unpaired) electrons. The second kappa shape index (κ2) is 4.60. The van der Waals surface area contributed by atoms with Crippen molar-refractivity contribution in [3.63, 3.8) is 0 Å². The number of methoxy groups -OCH3 is 1. The molecule has 2 nitrogen and oxygen atoms in total. The number of hydrogen-bond acceptors (Lipinski definition) is 2. The predicted octanol–water partition coefficient (Wildman–Crippen LogP) is 2.83. The van der Waals surface area contributed by atoms with Gasteiger partial charge in [0.25, 0.3) is 0 Å². The van der Waals surface area contributed by atoms with E-state index in [1.165, 1.54) is 0 Å². The lowest BCUT2D eigenvalue weighted by molar-refractivity contribution is 0.101. The number of Topliss-reactive ketones (excluding diaryl/α,β-unsaturated/α-hetero) is 1. The molecule has 0 aromatic heterocycles. The minimum atomic E-state index is 0.106. The summed E-state index contributed by atoms with van der Waals surface area (Å²) in [5.41, 5.74) is 1.82. The van der Waals surface area contributed by atoms with Gasteiger partial charge in [0.1, 0.15) is 5.75 Å². The average Bonchev–Trinajstić information content (AvgIpc) is 2.16. The molecular formula is C10H11IO2. The van der Waals surface area contributed by atoms with Crippen LogP contribution in [0.15, 0.2) is 18.2 Å². The monoisotopic (exact) mass is 290 g/mol. The maximum atomic E-state index is 11.2. The Morgan fingerprint density at radius 1 is 1.54 bits per heavy atom. The molecule has 0 spiro atoms. The molecule has 1 rings (SSSR count). The van der Waals surface area contributed by atoms with Gasteiger partial charge < -0.3 is 4.74 Å². The zero-order valence-corrected chi connectivity index (χ0v) is 9.79. The zero-order chi connectivity index (χ0) is 9.84. The Bertz CT molecular complexity index is 321. The van der Waals surface area contributed by atoms with Crippen molar-refractivity contribution >= 4 is 28.4 Å². The second-order valence-electron chi connectivity index (χ2n) is 2.71. The molecule has 0 saturated carbocycles. The first-order chi connectivity index (χ1) is 6.19. The van der Waals surface area contributed by atoms with Gasteiger partial charge in [-0.15, -0.1) is 0 Å². The Morgan fingerprint density at radius 3 is 2.69 bits per heavy atom. The van der Waals surface area contributed by atoms with Crippen molar-refractivity contribution in [2.45, 2.75) is 11.4 Å². The van der Waals surface area contributed by atoms with Gasteiger partial charge in [-0.25, -0.2) is 0 Å². The molecule has 0 saturated heterocycles. The first kappa shape index (κ1) is 10.5. The highest BCUT2D eigenvalue weighted by Gasteiger charge is 2.06. The third kappa shape index (κ3) is 2.43. The Balaban J connectivity index is 3.15. The lowest BCUT2D eigenvalue weighted by Gasteiger charge is -2.06. The van der Waals surface area contributed by atoms with Gasteiger partial charge in [-0.3, -0.25) is 4.79 Å². The van der Waals surface area contributed by atoms with Crippen LogP contribution in [0.1, 0.15) is 22.8 Å². The van der Waals surface area contributed by atoms with Crippen LogP contribution in [0.5, 0.6) is 5.75 Å². The summed E-state index contributed by atoms with van der Waals surface area (Å²) in [4.78, 5) is 11.2. The van der Waals surface area contributed by atoms with E-state index in [-0.39, 0.29) is 5.78 Å². The molecule has 1 aromatic rings. The summed E-state index contributed by atoms with van der Waals surface area (Å²) in [6.45, 7) is 1.58. The molecule has 0 N–H and O–H groups in total. The standard InChI is InChI=1S/C10H11IO2/c1-7(12)10-4-3-9(13-2)5-8(10)6-11/h3-5H,6H2,1-2H3. The number of carbonyl (C=O) groups is 1. The molecule has 13 heavy (non-hydrogen) atoms. The number of halogens is 1. The predicted molar refractivity (Wildman–Crippen MR) is 60.7 cm³/mol. The first-order valence-corrected chi connectivity index (χ1v) is 5.45. The smallest absolute Gasteiger partial charge is 0.160 e. The van der Waals surface area contributed by atoms with E-state index in [2.05, 4.69) is 22.6 Å². The third-order valence-corrected chi connectivity index (χ3v) is 2.66. The van der Waals surface area contributed by atoms with Crippen LogP contribution < -0.4 is 4.74 Å². The fourth-order valence-electron chi connectivity index (χ4n) is 1.15. The quantitative estimate of drug-likeness (QED) is 0.486. The van der Waals surface area contributed by atoms with Gasteiger partial charge in [-0.05, 0) is 30.7 Å². The zero-order valence-electron chi connectivity index (χ0n) is 7.63. The third-order valence-electron chi connectivity index (χ3n) is 1.84. The van der Waals surface area contributed by atoms with Gasteiger partial charge in [0.2, 0.25) is 0 Å². The van der Waals surface area contributed by atoms with E-state index < -0.39 is 0 Å². The molecule has 0 amide bonds. The summed E-state index contributed by atoms with van der Waals surface area (Å²) in [6, 6.07) is 5.53. The van der Waals surface area contributed by atoms with Crippen molar-refractivity contribution < 1.29 is 9.53 Å². The second-order valence-corrected chi connectivity index (χ2v) is 3.48. The van der Waals surface area contributed by atoms with Gasteiger partial charge in [0.05, 0.1) is 7.11 Å². The molecule has 70 valence electrons. The van der Waals surface area contributed by atoms with Gasteiger partial charge in [0, 0.05) is 9.99 Å². The average molecular weight is 290 g/mol. The number of hydrogen-bond donors (Lipinski definition) is 0. The number of ketones is 1. The maximum Gasteiger partial charge on any atom is 0.160 e. The van der Waals surface area contributed by atoms with E-state index in [9.17, 15) is 4.79 Å². The molecule has 0 atom stereocenters. The van der Waals surface area contributed by atoms with Crippen molar-refractivity contribution in [2.75, 3.05) is 7.11 Å². The van der Waals surface area contributed by atoms with Crippen molar-refractivity contribution in [1.82, 2.24) is 0 Å². The lowest BCUT2D eigenvalue weighted by Crippen LogP contribution is -1.98. The van der Waals surface area contributed by atoms with Crippen molar-refractivity contribution in [1.29, 1.82) is 0 Å². The van der Waals surface area contributed by atoms with Crippen molar-refractivity contribution in [3.05, 3.63) is 29.3 Å². The van der Waals surface area contributed by atoms with Crippen molar-refractivity contribution in [2.24, 2.45) is 0 Å². The summed E-state index contributed by atoms with van der Waals surface area (Å²) in [5, 5.41) is 0. The molecule has 0 fully saturated rings. The van der Waals surface area contributed by atoms with Crippen LogP contribution >= 0.6 is 22.6 Å². The van der Waals surface area contributed by atoms with E-state index in [1.807, 2.05) is 18.2 Å². The summed E-state index contributed by atoms with van der Waals surface area (Å²) >= 11 is 2.24. The highest BCUT2D eigenvalue weighted by atomic mass is 127. The first-order valence-electron chi connectivity index (χ1n) is 3.93. The number of benzene rings is 1. The minimum absolute atomic E-state index is 0.106. The normalized spacial score (nSPS) is 9.77. The Kier molecular flexibility index (Phi) is 3.71. The van der Waals surface area contributed by atoms with Crippen LogP contribution in [-0.2, 0) is 4.43 Å². The largest absolute Gasteiger partial charge is 0.497 e. The highest BCUT2D eigenvalue weighted by molar-refractivity contribution is 14.1. The fraction of sp³-hybridized carbons (Fsp3) is 0.300. The van der Waals surface area contributed by atoms with Gasteiger partial charge in [-0.2, -0.15) is 0 Å². The van der Waals surface area contributed by atoms with Crippen LogP contribution in [0.3, 0.4) is 0 Å². The molecule has 0 bridgehead atoms. The molecular weight excluding hydrogens is 279 g/mol. The fourth-order valence-corrected chi connectivity index (χ4v) is 1.78. The Morgan fingerprint density at radius 2 is 2.23 bits per heavy atom. The molecule has 3 heteroatoms. The maximum absolute atomic E-state index is 11.2. The summed E-state index contributed by atoms with van der Waals surface area (Å²) in [6.07, 6.45) is 0. The number of alkyl halides is 1. The topological polar surface area (TPSA) is 26.3 Å². The SMILES string of the molecule is COc1ccc(C(C)=O)c(CI)c1. The van der Waals surface area contributed by atoms with E-state index >= 15 is 0 Å². The molecule has 0 heterocycles. The van der Waals surface area contributed by atoms with Crippen LogP contribution in [-0.4, -0.2) is 12.9 Å². The van der Waals surface area contributed by atoms with E-state index in [0.717, 1.165) is 21.3 Å². The molecule has 0 aliphatic carbocycles. The van der Waals surface area contributed by atoms with Crippen LogP contribution in [0.4, 0.5) is 0 Å². The number of ether oxygens (including phenoxy) is 1. The van der Waals surface area contributed by atoms with E-state index in [0.29, 0.717) is 0 Å². The van der Waals surface area contributed by atoms with Crippen LogP contribution in [0.25, 0.3) is 0 Å². The van der Waals surface area contributed by atoms with Gasteiger partial charge >= 0.3 is 0 Å². The summed E-state index contributed by atoms with van der Waals surface area (Å²) in [7, 11) is 1.62. The molecule has 1 aromatic carbocycles. The minimum Gasteiger partial charge on any atom is -0.497 e. The summed E-state index contributed by atoms with van der Waals surface area (Å²) < 4.78 is 5.90.